The summed E-state index contributed by atoms with van der Waals surface area (Å²) in [6.45, 7) is 2.53. The zero-order valence-electron chi connectivity index (χ0n) is 12.5. The van der Waals surface area contributed by atoms with Crippen molar-refractivity contribution in [3.05, 3.63) is 47.2 Å². The highest BCUT2D eigenvalue weighted by atomic mass is 35.5. The maximum atomic E-state index is 11.2. The number of aliphatic carboxylic acids is 1. The summed E-state index contributed by atoms with van der Waals surface area (Å²) in [4.78, 5) is 11.2. The number of benzene rings is 1. The highest BCUT2D eigenvalue weighted by Crippen LogP contribution is 2.13. The molecule has 0 amide bonds. The number of rotatable bonds is 8. The van der Waals surface area contributed by atoms with E-state index in [0.29, 0.717) is 18.0 Å². The molecule has 118 valence electrons. The summed E-state index contributed by atoms with van der Waals surface area (Å²) in [5, 5.41) is 17.2. The van der Waals surface area contributed by atoms with E-state index in [2.05, 4.69) is 17.3 Å². The summed E-state index contributed by atoms with van der Waals surface area (Å²) in [5.74, 6) is -0.807. The third-order valence-corrected chi connectivity index (χ3v) is 3.68. The fourth-order valence-electron chi connectivity index (χ4n) is 2.15. The van der Waals surface area contributed by atoms with Gasteiger partial charge in [0.25, 0.3) is 0 Å². The lowest BCUT2D eigenvalue weighted by Gasteiger charge is -2.12. The number of hydrogen-bond acceptors (Lipinski definition) is 3. The fraction of sp³-hybridized carbons (Fsp3) is 0.375. The Bertz CT molecular complexity index is 610. The lowest BCUT2D eigenvalue weighted by Crippen LogP contribution is -2.36. The average Bonchev–Trinajstić information content (AvgIpc) is 2.96. The summed E-state index contributed by atoms with van der Waals surface area (Å²) in [6.07, 6.45) is 6.14. The molecule has 2 N–H and O–H groups in total. The number of unbranched alkanes of at least 4 members (excludes halogenated alkanes) is 1. The summed E-state index contributed by atoms with van der Waals surface area (Å²) in [5.41, 5.74) is 1.86. The lowest BCUT2D eigenvalue weighted by atomic mass is 10.1. The summed E-state index contributed by atoms with van der Waals surface area (Å²) >= 11 is 5.86. The largest absolute Gasteiger partial charge is 0.480 e. The lowest BCUT2D eigenvalue weighted by molar-refractivity contribution is -0.139. The molecule has 1 unspecified atom stereocenters. The minimum Gasteiger partial charge on any atom is -0.480 e. The highest BCUT2D eigenvalue weighted by molar-refractivity contribution is 6.30. The molecule has 1 aromatic carbocycles. The molecule has 22 heavy (non-hydrogen) atoms. The predicted octanol–water partition coefficient (Wildman–Crippen LogP) is 3.26. The maximum absolute atomic E-state index is 11.2. The molecule has 5 nitrogen and oxygen atoms in total. The second kappa shape index (κ2) is 7.96. The van der Waals surface area contributed by atoms with Gasteiger partial charge in [-0.05, 0) is 30.7 Å². The number of hydrogen-bond donors (Lipinski definition) is 2. The minimum atomic E-state index is -0.807. The van der Waals surface area contributed by atoms with Crippen LogP contribution in [0.15, 0.2) is 36.7 Å². The van der Waals surface area contributed by atoms with Crippen LogP contribution in [-0.2, 0) is 11.3 Å². The molecule has 6 heteroatoms. The predicted molar refractivity (Wildman–Crippen MR) is 86.4 cm³/mol. The smallest absolute Gasteiger partial charge is 0.320 e. The van der Waals surface area contributed by atoms with Crippen molar-refractivity contribution >= 4 is 17.6 Å². The molecule has 0 saturated carbocycles. The molecule has 0 saturated heterocycles. The van der Waals surface area contributed by atoms with E-state index in [-0.39, 0.29) is 0 Å². The van der Waals surface area contributed by atoms with Gasteiger partial charge >= 0.3 is 5.97 Å². The van der Waals surface area contributed by atoms with Crippen LogP contribution in [0.5, 0.6) is 0 Å². The minimum absolute atomic E-state index is 0.480. The summed E-state index contributed by atoms with van der Waals surface area (Å²) in [6, 6.07) is 6.87. The molecule has 2 aromatic rings. The molecule has 0 aliphatic heterocycles. The van der Waals surface area contributed by atoms with Gasteiger partial charge < -0.3 is 10.4 Å². The van der Waals surface area contributed by atoms with E-state index in [1.807, 2.05) is 30.5 Å². The van der Waals surface area contributed by atoms with Crippen molar-refractivity contribution in [3.63, 3.8) is 0 Å². The van der Waals surface area contributed by atoms with Crippen LogP contribution < -0.4 is 5.32 Å². The molecular weight excluding hydrogens is 302 g/mol. The maximum Gasteiger partial charge on any atom is 0.320 e. The number of halogens is 1. The van der Waals surface area contributed by atoms with Crippen molar-refractivity contribution in [2.45, 2.75) is 38.8 Å². The molecule has 0 fully saturated rings. The monoisotopic (exact) mass is 321 g/mol. The molecule has 0 radical (unpaired) electrons. The molecule has 0 aliphatic carbocycles. The average molecular weight is 322 g/mol. The first-order chi connectivity index (χ1) is 10.6. The van der Waals surface area contributed by atoms with Gasteiger partial charge in [-0.15, -0.1) is 0 Å². The van der Waals surface area contributed by atoms with Gasteiger partial charge in [0.15, 0.2) is 0 Å². The van der Waals surface area contributed by atoms with Gasteiger partial charge in [-0.1, -0.05) is 31.4 Å². The molecule has 0 aliphatic rings. The van der Waals surface area contributed by atoms with Crippen LogP contribution in [0.25, 0.3) is 5.69 Å². The first-order valence-corrected chi connectivity index (χ1v) is 7.73. The number of nitrogens with zero attached hydrogens (tertiary/aromatic N) is 2. The third-order valence-electron chi connectivity index (χ3n) is 3.42. The van der Waals surface area contributed by atoms with Crippen LogP contribution in [0.2, 0.25) is 5.02 Å². The van der Waals surface area contributed by atoms with E-state index in [4.69, 9.17) is 11.6 Å². The fourth-order valence-corrected chi connectivity index (χ4v) is 2.27. The third kappa shape index (κ3) is 4.58. The van der Waals surface area contributed by atoms with Crippen LogP contribution in [0, 0.1) is 0 Å². The van der Waals surface area contributed by atoms with E-state index in [1.54, 1.807) is 10.9 Å². The molecule has 0 spiro atoms. The molecule has 1 atom stereocenters. The van der Waals surface area contributed by atoms with Gasteiger partial charge in [0.1, 0.15) is 6.04 Å². The Morgan fingerprint density at radius 2 is 2.14 bits per heavy atom. The number of nitrogens with one attached hydrogen (secondary N) is 1. The Morgan fingerprint density at radius 3 is 2.77 bits per heavy atom. The standard InChI is InChI=1S/C16H20ClN3O2/c1-2-3-4-15(16(21)22)18-9-12-10-19-20(11-12)14-7-5-13(17)6-8-14/h5-8,10-11,15,18H,2-4,9H2,1H3,(H,21,22). The van der Waals surface area contributed by atoms with Crippen LogP contribution in [0.4, 0.5) is 0 Å². The Labute approximate surface area is 134 Å². The van der Waals surface area contributed by atoms with E-state index in [0.717, 1.165) is 24.1 Å². The first-order valence-electron chi connectivity index (χ1n) is 7.36. The van der Waals surface area contributed by atoms with Gasteiger partial charge in [-0.2, -0.15) is 5.10 Å². The zero-order chi connectivity index (χ0) is 15.9. The van der Waals surface area contributed by atoms with Crippen molar-refractivity contribution in [2.24, 2.45) is 0 Å². The Morgan fingerprint density at radius 1 is 1.41 bits per heavy atom. The molecule has 1 aromatic heterocycles. The normalized spacial score (nSPS) is 12.3. The number of aromatic nitrogens is 2. The van der Waals surface area contributed by atoms with E-state index >= 15 is 0 Å². The van der Waals surface area contributed by atoms with E-state index < -0.39 is 12.0 Å². The van der Waals surface area contributed by atoms with Gasteiger partial charge in [-0.3, -0.25) is 4.79 Å². The molecule has 2 rings (SSSR count). The SMILES string of the molecule is CCCCC(NCc1cnn(-c2ccc(Cl)cc2)c1)C(=O)O. The quantitative estimate of drug-likeness (QED) is 0.783. The number of carboxylic acids is 1. The highest BCUT2D eigenvalue weighted by Gasteiger charge is 2.16. The van der Waals surface area contributed by atoms with Crippen molar-refractivity contribution in [3.8, 4) is 5.69 Å². The van der Waals surface area contributed by atoms with Crippen LogP contribution in [0.1, 0.15) is 31.7 Å². The van der Waals surface area contributed by atoms with Gasteiger partial charge in [-0.25, -0.2) is 4.68 Å². The summed E-state index contributed by atoms with van der Waals surface area (Å²) < 4.78 is 1.75. The van der Waals surface area contributed by atoms with Crippen LogP contribution in [0.3, 0.4) is 0 Å². The Balaban J connectivity index is 1.96. The second-order valence-electron chi connectivity index (χ2n) is 5.18. The summed E-state index contributed by atoms with van der Waals surface area (Å²) in [7, 11) is 0. The van der Waals surface area contributed by atoms with Crippen molar-refractivity contribution in [1.29, 1.82) is 0 Å². The van der Waals surface area contributed by atoms with Gasteiger partial charge in [0.2, 0.25) is 0 Å². The van der Waals surface area contributed by atoms with Crippen LogP contribution >= 0.6 is 11.6 Å². The van der Waals surface area contributed by atoms with Gasteiger partial charge in [0.05, 0.1) is 11.9 Å². The molecular formula is C16H20ClN3O2. The van der Waals surface area contributed by atoms with Gasteiger partial charge in [0, 0.05) is 23.3 Å². The number of carbonyl (C=O) groups is 1. The van der Waals surface area contributed by atoms with E-state index in [9.17, 15) is 9.90 Å². The first kappa shape index (κ1) is 16.5. The van der Waals surface area contributed by atoms with Crippen LogP contribution in [-0.4, -0.2) is 26.9 Å². The number of carboxylic acid groups (broad SMARTS) is 1. The molecule has 1 heterocycles. The van der Waals surface area contributed by atoms with Crippen molar-refractivity contribution in [1.82, 2.24) is 15.1 Å². The van der Waals surface area contributed by atoms with Crippen molar-refractivity contribution < 1.29 is 9.90 Å². The molecule has 0 bridgehead atoms. The van der Waals surface area contributed by atoms with Crippen molar-refractivity contribution in [2.75, 3.05) is 0 Å². The van der Waals surface area contributed by atoms with E-state index in [1.165, 1.54) is 0 Å². The zero-order valence-corrected chi connectivity index (χ0v) is 13.3. The second-order valence-corrected chi connectivity index (χ2v) is 5.62. The Kier molecular flexibility index (Phi) is 5.98. The topological polar surface area (TPSA) is 67.2 Å². The Hall–Kier alpha value is -1.85.